The molecule has 1 saturated carbocycles. The third-order valence-corrected chi connectivity index (χ3v) is 7.19. The average Bonchev–Trinajstić information content (AvgIpc) is 3.26. The minimum Gasteiger partial charge on any atom is -0.493 e. The zero-order chi connectivity index (χ0) is 21.1. The Morgan fingerprint density at radius 1 is 1.23 bits per heavy atom. The lowest BCUT2D eigenvalue weighted by molar-refractivity contribution is -0.149. The van der Waals surface area contributed by atoms with Crippen molar-refractivity contribution < 1.29 is 24.1 Å². The minimum atomic E-state index is -0.466. The van der Waals surface area contributed by atoms with E-state index < -0.39 is 6.10 Å². The summed E-state index contributed by atoms with van der Waals surface area (Å²) in [6.45, 7) is 9.38. The zero-order valence-electron chi connectivity index (χ0n) is 18.6. The maximum atomic E-state index is 10.8. The summed E-state index contributed by atoms with van der Waals surface area (Å²) in [7, 11) is 1.70. The standard InChI is InChI=1S/C24H35NO5/c1-23(2,3)30-22-12-25-6-5-15-7-21(29-14-24-10-16(11-24)28-13-24)20(27-4)8-17(15)18(25)9-19(22)26/h7-8,16,18-19,22,26H,5-6,9-14H2,1-4H3/t16?,18-,19-,22-,24?/m1/s1. The quantitative estimate of drug-likeness (QED) is 0.795. The first kappa shape index (κ1) is 20.6. The number of rotatable bonds is 5. The van der Waals surface area contributed by atoms with Gasteiger partial charge >= 0.3 is 0 Å². The number of hydrogen-bond acceptors (Lipinski definition) is 6. The topological polar surface area (TPSA) is 60.4 Å². The van der Waals surface area contributed by atoms with Gasteiger partial charge in [0.15, 0.2) is 11.5 Å². The first-order valence-corrected chi connectivity index (χ1v) is 11.3. The zero-order valence-corrected chi connectivity index (χ0v) is 18.6. The predicted octanol–water partition coefficient (Wildman–Crippen LogP) is 3.10. The fourth-order valence-corrected chi connectivity index (χ4v) is 5.66. The average molecular weight is 418 g/mol. The molecule has 3 saturated heterocycles. The fraction of sp³-hybridized carbons (Fsp3) is 0.750. The van der Waals surface area contributed by atoms with E-state index in [-0.39, 0.29) is 23.2 Å². The largest absolute Gasteiger partial charge is 0.493 e. The molecule has 0 aromatic heterocycles. The molecule has 4 aliphatic heterocycles. The molecule has 0 spiro atoms. The summed E-state index contributed by atoms with van der Waals surface area (Å²) < 4.78 is 23.8. The van der Waals surface area contributed by atoms with Crippen molar-refractivity contribution in [2.45, 2.75) is 76.4 Å². The van der Waals surface area contributed by atoms with Crippen LogP contribution in [0.15, 0.2) is 12.1 Å². The van der Waals surface area contributed by atoms with E-state index >= 15 is 0 Å². The fourth-order valence-electron chi connectivity index (χ4n) is 5.66. The van der Waals surface area contributed by atoms with Crippen LogP contribution in [0.3, 0.4) is 0 Å². The third-order valence-electron chi connectivity index (χ3n) is 7.19. The molecule has 1 N–H and O–H groups in total. The highest BCUT2D eigenvalue weighted by Gasteiger charge is 2.52. The van der Waals surface area contributed by atoms with Crippen LogP contribution in [0.4, 0.5) is 0 Å². The molecule has 0 unspecified atom stereocenters. The van der Waals surface area contributed by atoms with E-state index in [0.29, 0.717) is 19.1 Å². The lowest BCUT2D eigenvalue weighted by Gasteiger charge is -2.47. The van der Waals surface area contributed by atoms with Gasteiger partial charge in [-0.2, -0.15) is 0 Å². The summed E-state index contributed by atoms with van der Waals surface area (Å²) >= 11 is 0. The lowest BCUT2D eigenvalue weighted by Crippen LogP contribution is -2.53. The second-order valence-electron chi connectivity index (χ2n) is 10.7. The van der Waals surface area contributed by atoms with Crippen LogP contribution in [0, 0.1) is 5.41 Å². The summed E-state index contributed by atoms with van der Waals surface area (Å²) in [6.07, 6.45) is 3.73. The molecule has 0 radical (unpaired) electrons. The van der Waals surface area contributed by atoms with Gasteiger partial charge in [0.2, 0.25) is 0 Å². The van der Waals surface area contributed by atoms with Gasteiger partial charge in [-0.15, -0.1) is 0 Å². The minimum absolute atomic E-state index is 0.147. The molecule has 1 aliphatic carbocycles. The maximum Gasteiger partial charge on any atom is 0.161 e. The molecular weight excluding hydrogens is 382 g/mol. The number of nitrogens with zero attached hydrogens (tertiary/aromatic N) is 1. The Bertz CT molecular complexity index is 792. The smallest absolute Gasteiger partial charge is 0.161 e. The van der Waals surface area contributed by atoms with E-state index in [4.69, 9.17) is 18.9 Å². The van der Waals surface area contributed by atoms with E-state index in [1.165, 1.54) is 11.1 Å². The molecule has 6 heteroatoms. The molecule has 2 bridgehead atoms. The van der Waals surface area contributed by atoms with Crippen LogP contribution in [-0.4, -0.2) is 67.3 Å². The monoisotopic (exact) mass is 417 g/mol. The van der Waals surface area contributed by atoms with Gasteiger partial charge in [-0.3, -0.25) is 4.90 Å². The molecule has 6 nitrogen and oxygen atoms in total. The van der Waals surface area contributed by atoms with Crippen molar-refractivity contribution in [3.63, 3.8) is 0 Å². The van der Waals surface area contributed by atoms with Crippen molar-refractivity contribution in [1.29, 1.82) is 0 Å². The molecule has 1 aromatic rings. The van der Waals surface area contributed by atoms with Gasteiger partial charge in [0, 0.05) is 24.5 Å². The summed E-state index contributed by atoms with van der Waals surface area (Å²) in [6, 6.07) is 4.49. The van der Waals surface area contributed by atoms with Crippen LogP contribution in [0.25, 0.3) is 0 Å². The summed E-state index contributed by atoms with van der Waals surface area (Å²) in [5, 5.41) is 10.8. The van der Waals surface area contributed by atoms with Gasteiger partial charge in [0.05, 0.1) is 44.2 Å². The van der Waals surface area contributed by atoms with Crippen molar-refractivity contribution in [3.8, 4) is 11.5 Å². The SMILES string of the molecule is COc1cc2c(cc1OCC13COC(C1)C3)CCN1C[C@@H](OC(C)(C)C)[C@H](O)C[C@H]21. The Labute approximate surface area is 179 Å². The van der Waals surface area contributed by atoms with Crippen LogP contribution in [0.5, 0.6) is 11.5 Å². The molecule has 1 aromatic carbocycles. The van der Waals surface area contributed by atoms with Crippen LogP contribution in [-0.2, 0) is 15.9 Å². The highest BCUT2D eigenvalue weighted by Crippen LogP contribution is 2.51. The molecule has 6 rings (SSSR count). The van der Waals surface area contributed by atoms with E-state index in [9.17, 15) is 5.11 Å². The van der Waals surface area contributed by atoms with Gasteiger partial charge in [-0.05, 0) is 69.7 Å². The third kappa shape index (κ3) is 3.72. The predicted molar refractivity (Wildman–Crippen MR) is 113 cm³/mol. The molecule has 3 atom stereocenters. The Morgan fingerprint density at radius 2 is 2.03 bits per heavy atom. The van der Waals surface area contributed by atoms with Crippen LogP contribution < -0.4 is 9.47 Å². The number of piperidine rings is 1. The lowest BCUT2D eigenvalue weighted by atomic mass is 9.71. The number of aliphatic hydroxyl groups is 1. The number of hydrogen-bond donors (Lipinski definition) is 1. The Balaban J connectivity index is 1.33. The van der Waals surface area contributed by atoms with Crippen molar-refractivity contribution >= 4 is 0 Å². The Hall–Kier alpha value is -1.34. The van der Waals surface area contributed by atoms with E-state index in [1.807, 2.05) is 20.8 Å². The normalized spacial score (nSPS) is 35.4. The summed E-state index contributed by atoms with van der Waals surface area (Å²) in [5.41, 5.74) is 2.51. The second-order valence-corrected chi connectivity index (χ2v) is 10.7. The van der Waals surface area contributed by atoms with E-state index in [2.05, 4.69) is 17.0 Å². The molecule has 5 aliphatic rings. The first-order valence-electron chi connectivity index (χ1n) is 11.3. The van der Waals surface area contributed by atoms with Gasteiger partial charge < -0.3 is 24.1 Å². The van der Waals surface area contributed by atoms with Crippen LogP contribution in [0.1, 0.15) is 57.2 Å². The van der Waals surface area contributed by atoms with Gasteiger partial charge in [-0.1, -0.05) is 0 Å². The Kier molecular flexibility index (Phi) is 5.05. The number of ether oxygens (including phenoxy) is 4. The van der Waals surface area contributed by atoms with Crippen LogP contribution >= 0.6 is 0 Å². The van der Waals surface area contributed by atoms with Gasteiger partial charge in [-0.25, -0.2) is 0 Å². The van der Waals surface area contributed by atoms with Crippen molar-refractivity contribution in [1.82, 2.24) is 4.90 Å². The van der Waals surface area contributed by atoms with Crippen molar-refractivity contribution in [2.75, 3.05) is 33.4 Å². The highest BCUT2D eigenvalue weighted by molar-refractivity contribution is 5.50. The molecule has 4 fully saturated rings. The number of aliphatic hydroxyl groups excluding tert-OH is 1. The summed E-state index contributed by atoms with van der Waals surface area (Å²) in [5.74, 6) is 1.61. The number of benzene rings is 1. The molecule has 0 amide bonds. The molecule has 4 heterocycles. The van der Waals surface area contributed by atoms with E-state index in [1.54, 1.807) is 7.11 Å². The number of methoxy groups -OCH3 is 1. The van der Waals surface area contributed by atoms with Crippen molar-refractivity contribution in [3.05, 3.63) is 23.3 Å². The maximum absolute atomic E-state index is 10.8. The second kappa shape index (κ2) is 7.37. The van der Waals surface area contributed by atoms with Gasteiger partial charge in [0.1, 0.15) is 0 Å². The van der Waals surface area contributed by atoms with Crippen LogP contribution in [0.2, 0.25) is 0 Å². The van der Waals surface area contributed by atoms with E-state index in [0.717, 1.165) is 50.5 Å². The first-order chi connectivity index (χ1) is 14.3. The summed E-state index contributed by atoms with van der Waals surface area (Å²) in [4.78, 5) is 2.45. The Morgan fingerprint density at radius 3 is 2.70 bits per heavy atom. The molecular formula is C24H35NO5. The highest BCUT2D eigenvalue weighted by atomic mass is 16.5. The van der Waals surface area contributed by atoms with Crippen molar-refractivity contribution in [2.24, 2.45) is 5.41 Å². The molecule has 166 valence electrons. The molecule has 30 heavy (non-hydrogen) atoms. The van der Waals surface area contributed by atoms with Gasteiger partial charge in [0.25, 0.3) is 0 Å². The number of fused-ring (bicyclic) bond motifs is 4.